The third-order valence-corrected chi connectivity index (χ3v) is 2.96. The van der Waals surface area contributed by atoms with Gasteiger partial charge in [0.2, 0.25) is 0 Å². The van der Waals surface area contributed by atoms with Crippen LogP contribution in [0.2, 0.25) is 0 Å². The molecule has 0 aliphatic carbocycles. The number of rotatable bonds is 6. The predicted molar refractivity (Wildman–Crippen MR) is 64.3 cm³/mol. The summed E-state index contributed by atoms with van der Waals surface area (Å²) in [6, 6.07) is 10.9. The zero-order valence-corrected chi connectivity index (χ0v) is 9.39. The van der Waals surface area contributed by atoms with Gasteiger partial charge in [0.1, 0.15) is 0 Å². The molecular formula is C11H18N2S. The highest BCUT2D eigenvalue weighted by molar-refractivity contribution is 7.98. The lowest BCUT2D eigenvalue weighted by Gasteiger charge is -2.13. The number of hydrazine groups is 1. The lowest BCUT2D eigenvalue weighted by molar-refractivity contribution is 0.539. The first-order chi connectivity index (χ1) is 6.86. The highest BCUT2D eigenvalue weighted by atomic mass is 32.2. The molecule has 3 N–H and O–H groups in total. The molecule has 1 aromatic rings. The van der Waals surface area contributed by atoms with Gasteiger partial charge in [0, 0.05) is 11.8 Å². The van der Waals surface area contributed by atoms with Crippen LogP contribution in [0.15, 0.2) is 30.3 Å². The number of nitrogens with one attached hydrogen (secondary N) is 1. The predicted octanol–water partition coefficient (Wildman–Crippen LogP) is 1.81. The molecule has 14 heavy (non-hydrogen) atoms. The van der Waals surface area contributed by atoms with Crippen molar-refractivity contribution in [3.05, 3.63) is 35.9 Å². The van der Waals surface area contributed by atoms with Crippen LogP contribution >= 0.6 is 11.8 Å². The van der Waals surface area contributed by atoms with Crippen LogP contribution in [0.1, 0.15) is 12.0 Å². The first-order valence-electron chi connectivity index (χ1n) is 4.86. The molecule has 1 aromatic carbocycles. The SMILES string of the molecule is CSCC(CCc1ccccc1)NN. The van der Waals surface area contributed by atoms with Gasteiger partial charge in [-0.25, -0.2) is 0 Å². The fourth-order valence-electron chi connectivity index (χ4n) is 1.40. The second-order valence-corrected chi connectivity index (χ2v) is 4.25. The van der Waals surface area contributed by atoms with Crippen molar-refractivity contribution < 1.29 is 0 Å². The van der Waals surface area contributed by atoms with E-state index in [2.05, 4.69) is 35.9 Å². The van der Waals surface area contributed by atoms with E-state index in [1.54, 1.807) is 0 Å². The third-order valence-electron chi connectivity index (χ3n) is 2.23. The molecule has 0 bridgehead atoms. The summed E-state index contributed by atoms with van der Waals surface area (Å²) in [7, 11) is 0. The van der Waals surface area contributed by atoms with Crippen molar-refractivity contribution >= 4 is 11.8 Å². The minimum absolute atomic E-state index is 0.421. The summed E-state index contributed by atoms with van der Waals surface area (Å²) in [5.74, 6) is 6.53. The Kier molecular flexibility index (Phi) is 5.68. The molecule has 1 rings (SSSR count). The molecule has 0 heterocycles. The van der Waals surface area contributed by atoms with E-state index in [0.29, 0.717) is 6.04 Å². The highest BCUT2D eigenvalue weighted by Crippen LogP contribution is 2.07. The van der Waals surface area contributed by atoms with E-state index < -0.39 is 0 Å². The summed E-state index contributed by atoms with van der Waals surface area (Å²) in [5, 5.41) is 0. The minimum Gasteiger partial charge on any atom is -0.271 e. The van der Waals surface area contributed by atoms with E-state index >= 15 is 0 Å². The van der Waals surface area contributed by atoms with Crippen LogP contribution in [0.3, 0.4) is 0 Å². The van der Waals surface area contributed by atoms with Crippen molar-refractivity contribution in [3.8, 4) is 0 Å². The lowest BCUT2D eigenvalue weighted by atomic mass is 10.1. The molecule has 0 spiro atoms. The van der Waals surface area contributed by atoms with Crippen LogP contribution in [-0.2, 0) is 6.42 Å². The van der Waals surface area contributed by atoms with E-state index in [1.165, 1.54) is 5.56 Å². The van der Waals surface area contributed by atoms with Gasteiger partial charge in [-0.3, -0.25) is 11.3 Å². The molecule has 0 aliphatic heterocycles. The van der Waals surface area contributed by atoms with E-state index in [9.17, 15) is 0 Å². The van der Waals surface area contributed by atoms with Gasteiger partial charge in [-0.1, -0.05) is 30.3 Å². The standard InChI is InChI=1S/C11H18N2S/c1-14-9-11(13-12)8-7-10-5-3-2-4-6-10/h2-6,11,13H,7-9,12H2,1H3. The van der Waals surface area contributed by atoms with Crippen molar-refractivity contribution in [3.63, 3.8) is 0 Å². The summed E-state index contributed by atoms with van der Waals surface area (Å²) in [6.45, 7) is 0. The van der Waals surface area contributed by atoms with E-state index in [0.717, 1.165) is 18.6 Å². The van der Waals surface area contributed by atoms with Crippen LogP contribution in [0.4, 0.5) is 0 Å². The van der Waals surface area contributed by atoms with Crippen molar-refractivity contribution in [1.82, 2.24) is 5.43 Å². The Labute approximate surface area is 90.2 Å². The lowest BCUT2D eigenvalue weighted by Crippen LogP contribution is -2.37. The van der Waals surface area contributed by atoms with Crippen molar-refractivity contribution in [2.45, 2.75) is 18.9 Å². The van der Waals surface area contributed by atoms with E-state index in [4.69, 9.17) is 5.84 Å². The maximum absolute atomic E-state index is 5.46. The average Bonchev–Trinajstić information content (AvgIpc) is 2.25. The summed E-state index contributed by atoms with van der Waals surface area (Å²) < 4.78 is 0. The van der Waals surface area contributed by atoms with Crippen molar-refractivity contribution in [2.75, 3.05) is 12.0 Å². The van der Waals surface area contributed by atoms with Gasteiger partial charge < -0.3 is 0 Å². The Balaban J connectivity index is 2.32. The van der Waals surface area contributed by atoms with Gasteiger partial charge in [0.15, 0.2) is 0 Å². The number of hydrogen-bond acceptors (Lipinski definition) is 3. The molecule has 0 aliphatic rings. The quantitative estimate of drug-likeness (QED) is 0.555. The van der Waals surface area contributed by atoms with Gasteiger partial charge in [-0.15, -0.1) is 0 Å². The normalized spacial score (nSPS) is 12.7. The average molecular weight is 210 g/mol. The zero-order valence-electron chi connectivity index (χ0n) is 8.57. The van der Waals surface area contributed by atoms with Crippen LogP contribution in [-0.4, -0.2) is 18.1 Å². The van der Waals surface area contributed by atoms with Gasteiger partial charge >= 0.3 is 0 Å². The number of benzene rings is 1. The molecule has 1 unspecified atom stereocenters. The molecule has 1 atom stereocenters. The molecule has 0 fully saturated rings. The summed E-state index contributed by atoms with van der Waals surface area (Å²) in [5.41, 5.74) is 4.24. The molecule has 2 nitrogen and oxygen atoms in total. The Morgan fingerprint density at radius 1 is 1.36 bits per heavy atom. The molecule has 3 heteroatoms. The third kappa shape index (κ3) is 4.13. The summed E-state index contributed by atoms with van der Waals surface area (Å²) in [4.78, 5) is 0. The van der Waals surface area contributed by atoms with Crippen LogP contribution in [0.5, 0.6) is 0 Å². The summed E-state index contributed by atoms with van der Waals surface area (Å²) >= 11 is 1.83. The highest BCUT2D eigenvalue weighted by Gasteiger charge is 2.04. The Bertz CT molecular complexity index is 238. The van der Waals surface area contributed by atoms with Gasteiger partial charge in [-0.2, -0.15) is 11.8 Å². The second kappa shape index (κ2) is 6.87. The molecule has 0 amide bonds. The monoisotopic (exact) mass is 210 g/mol. The first-order valence-corrected chi connectivity index (χ1v) is 6.25. The molecule has 0 radical (unpaired) electrons. The number of aryl methyl sites for hydroxylation is 1. The molecule has 0 saturated heterocycles. The molecular weight excluding hydrogens is 192 g/mol. The molecule has 0 saturated carbocycles. The van der Waals surface area contributed by atoms with Crippen molar-refractivity contribution in [2.24, 2.45) is 5.84 Å². The Hall–Kier alpha value is -0.510. The van der Waals surface area contributed by atoms with Gasteiger partial charge in [0.25, 0.3) is 0 Å². The minimum atomic E-state index is 0.421. The van der Waals surface area contributed by atoms with Crippen molar-refractivity contribution in [1.29, 1.82) is 0 Å². The number of nitrogens with two attached hydrogens (primary N) is 1. The largest absolute Gasteiger partial charge is 0.271 e. The fraction of sp³-hybridized carbons (Fsp3) is 0.455. The second-order valence-electron chi connectivity index (χ2n) is 3.34. The van der Waals surface area contributed by atoms with E-state index in [-0.39, 0.29) is 0 Å². The maximum Gasteiger partial charge on any atom is 0.0304 e. The molecule has 78 valence electrons. The Morgan fingerprint density at radius 3 is 2.64 bits per heavy atom. The topological polar surface area (TPSA) is 38.0 Å². The van der Waals surface area contributed by atoms with Crippen LogP contribution in [0, 0.1) is 0 Å². The fourth-order valence-corrected chi connectivity index (χ4v) is 2.07. The van der Waals surface area contributed by atoms with Crippen LogP contribution in [0.25, 0.3) is 0 Å². The van der Waals surface area contributed by atoms with E-state index in [1.807, 2.05) is 17.8 Å². The summed E-state index contributed by atoms with van der Waals surface area (Å²) in [6.07, 6.45) is 4.30. The number of hydrogen-bond donors (Lipinski definition) is 2. The first kappa shape index (κ1) is 11.6. The smallest absolute Gasteiger partial charge is 0.0304 e. The van der Waals surface area contributed by atoms with Crippen LogP contribution < -0.4 is 11.3 Å². The van der Waals surface area contributed by atoms with Gasteiger partial charge in [0.05, 0.1) is 0 Å². The zero-order chi connectivity index (χ0) is 10.2. The van der Waals surface area contributed by atoms with Gasteiger partial charge in [-0.05, 0) is 24.7 Å². The number of thioether (sulfide) groups is 1. The molecule has 0 aromatic heterocycles. The Morgan fingerprint density at radius 2 is 2.07 bits per heavy atom. The maximum atomic E-state index is 5.46.